The highest BCUT2D eigenvalue weighted by atomic mass is 16.6. The second-order valence-corrected chi connectivity index (χ2v) is 15.6. The third-order valence-electron chi connectivity index (χ3n) is 9.48. The van der Waals surface area contributed by atoms with Gasteiger partial charge in [-0.15, -0.1) is 0 Å². The number of carboxylic acids is 1. The molecule has 0 N–H and O–H groups in total. The molecule has 0 rings (SSSR count). The zero-order chi connectivity index (χ0) is 40.0. The summed E-state index contributed by atoms with van der Waals surface area (Å²) >= 11 is 0. The van der Waals surface area contributed by atoms with E-state index in [0.717, 1.165) is 70.6 Å². The number of carbonyl (C=O) groups excluding carboxylic acids is 3. The van der Waals surface area contributed by atoms with Crippen LogP contribution in [0.1, 0.15) is 174 Å². The monoisotopic (exact) mass is 760 g/mol. The number of likely N-dealkylation sites (N-methyl/N-ethyl adjacent to an activating group) is 1. The Bertz CT molecular complexity index is 1030. The van der Waals surface area contributed by atoms with Crippen LogP contribution in [0, 0.1) is 0 Å². The largest absolute Gasteiger partial charge is 0.544 e. The molecule has 0 heterocycles. The van der Waals surface area contributed by atoms with Crippen LogP contribution in [0.5, 0.6) is 0 Å². The number of unbranched alkanes of at least 4 members (excludes halogenated alkanes) is 16. The van der Waals surface area contributed by atoms with Gasteiger partial charge in [-0.2, -0.15) is 0 Å². The Morgan fingerprint density at radius 1 is 0.574 bits per heavy atom. The molecule has 0 spiro atoms. The van der Waals surface area contributed by atoms with E-state index in [2.05, 4.69) is 62.5 Å². The lowest BCUT2D eigenvalue weighted by Crippen LogP contribution is -2.55. The molecule has 0 aromatic carbocycles. The van der Waals surface area contributed by atoms with Crippen molar-refractivity contribution in [3.63, 3.8) is 0 Å². The minimum atomic E-state index is -1.13. The smallest absolute Gasteiger partial charge is 0.306 e. The summed E-state index contributed by atoms with van der Waals surface area (Å²) in [7, 11) is 5.40. The average Bonchev–Trinajstić information content (AvgIpc) is 3.12. The second kappa shape index (κ2) is 37.2. The summed E-state index contributed by atoms with van der Waals surface area (Å²) in [6, 6.07) is -0.726. The summed E-state index contributed by atoms with van der Waals surface area (Å²) < 4.78 is 17.1. The van der Waals surface area contributed by atoms with Crippen LogP contribution in [0.2, 0.25) is 0 Å². The van der Waals surface area contributed by atoms with Crippen molar-refractivity contribution in [2.75, 3.05) is 41.0 Å². The van der Waals surface area contributed by atoms with Crippen molar-refractivity contribution in [3.05, 3.63) is 48.6 Å². The van der Waals surface area contributed by atoms with Crippen molar-refractivity contribution in [1.82, 2.24) is 0 Å². The molecule has 0 saturated heterocycles. The van der Waals surface area contributed by atoms with Crippen LogP contribution in [0.15, 0.2) is 48.6 Å². The van der Waals surface area contributed by atoms with E-state index < -0.39 is 18.1 Å². The van der Waals surface area contributed by atoms with E-state index in [1.54, 1.807) is 21.1 Å². The van der Waals surface area contributed by atoms with Gasteiger partial charge >= 0.3 is 11.9 Å². The number of rotatable bonds is 38. The minimum absolute atomic E-state index is 0.0379. The Morgan fingerprint density at radius 3 is 1.54 bits per heavy atom. The number of esters is 2. The summed E-state index contributed by atoms with van der Waals surface area (Å²) in [4.78, 5) is 36.7. The molecule has 0 amide bonds. The first-order valence-corrected chi connectivity index (χ1v) is 21.7. The van der Waals surface area contributed by atoms with Crippen molar-refractivity contribution in [1.29, 1.82) is 0 Å². The van der Waals surface area contributed by atoms with Gasteiger partial charge in [0.15, 0.2) is 6.10 Å². The molecular formula is C46H81NO7. The van der Waals surface area contributed by atoms with Gasteiger partial charge in [0.25, 0.3) is 0 Å². The molecule has 0 aromatic rings. The van der Waals surface area contributed by atoms with Gasteiger partial charge in [0.2, 0.25) is 0 Å². The van der Waals surface area contributed by atoms with Gasteiger partial charge in [0.05, 0.1) is 40.3 Å². The fourth-order valence-corrected chi connectivity index (χ4v) is 6.12. The van der Waals surface area contributed by atoms with Crippen LogP contribution >= 0.6 is 0 Å². The molecule has 0 saturated carbocycles. The molecule has 0 aliphatic rings. The summed E-state index contributed by atoms with van der Waals surface area (Å²) in [5, 5.41) is 11.6. The van der Waals surface area contributed by atoms with Crippen LogP contribution in [0.3, 0.4) is 0 Å². The predicted molar refractivity (Wildman–Crippen MR) is 222 cm³/mol. The molecule has 2 unspecified atom stereocenters. The third kappa shape index (κ3) is 35.0. The van der Waals surface area contributed by atoms with Gasteiger partial charge in [0, 0.05) is 19.3 Å². The number of nitrogens with zero attached hydrogens (tertiary/aromatic N) is 1. The molecule has 0 aromatic heterocycles. The van der Waals surface area contributed by atoms with E-state index in [0.29, 0.717) is 12.8 Å². The van der Waals surface area contributed by atoms with E-state index in [4.69, 9.17) is 14.2 Å². The topological polar surface area (TPSA) is 102 Å². The Kier molecular flexibility index (Phi) is 35.4. The lowest BCUT2D eigenvalue weighted by Gasteiger charge is -2.34. The standard InChI is InChI=1S/C46H81NO7/c1-6-8-10-12-14-16-17-18-19-20-21-22-23-24-25-26-27-29-31-33-35-37-45(49)54-42(40-52-39-38-43(46(50)51)47(3,4)5)41-53-44(48)36-34-32-30-28-15-13-11-9-7-2/h8,10,14,16,18-19,21-22,42-43H,6-7,9,11-13,15,17,20,23-41H2,1-5H3/b10-8-,16-14-,19-18-,22-21-. The summed E-state index contributed by atoms with van der Waals surface area (Å²) in [5.74, 6) is -1.75. The maximum atomic E-state index is 12.7. The number of aliphatic carboxylic acids is 1. The Balaban J connectivity index is 4.29. The average molecular weight is 760 g/mol. The molecule has 8 nitrogen and oxygen atoms in total. The Labute approximate surface area is 331 Å². The highest BCUT2D eigenvalue weighted by Crippen LogP contribution is 2.14. The molecule has 2 atom stereocenters. The lowest BCUT2D eigenvalue weighted by atomic mass is 10.1. The number of allylic oxidation sites excluding steroid dienone is 8. The fraction of sp³-hybridized carbons (Fsp3) is 0.761. The normalized spacial score (nSPS) is 13.4. The maximum absolute atomic E-state index is 12.7. The van der Waals surface area contributed by atoms with Crippen LogP contribution in [0.25, 0.3) is 0 Å². The summed E-state index contributed by atoms with van der Waals surface area (Å²) in [5.41, 5.74) is 0. The van der Waals surface area contributed by atoms with Crippen molar-refractivity contribution in [2.24, 2.45) is 0 Å². The minimum Gasteiger partial charge on any atom is -0.544 e. The number of ether oxygens (including phenoxy) is 3. The molecule has 54 heavy (non-hydrogen) atoms. The first kappa shape index (κ1) is 51.3. The molecule has 0 aliphatic heterocycles. The van der Waals surface area contributed by atoms with Gasteiger partial charge in [-0.05, 0) is 51.4 Å². The first-order valence-electron chi connectivity index (χ1n) is 21.7. The maximum Gasteiger partial charge on any atom is 0.306 e. The zero-order valence-corrected chi connectivity index (χ0v) is 35.4. The Morgan fingerprint density at radius 2 is 1.04 bits per heavy atom. The molecule has 0 radical (unpaired) electrons. The highest BCUT2D eigenvalue weighted by molar-refractivity contribution is 5.70. The lowest BCUT2D eigenvalue weighted by molar-refractivity contribution is -0.889. The van der Waals surface area contributed by atoms with Crippen LogP contribution < -0.4 is 5.11 Å². The third-order valence-corrected chi connectivity index (χ3v) is 9.48. The molecule has 8 heteroatoms. The fourth-order valence-electron chi connectivity index (χ4n) is 6.12. The molecule has 0 bridgehead atoms. The predicted octanol–water partition coefficient (Wildman–Crippen LogP) is 10.3. The number of hydrogen-bond acceptors (Lipinski definition) is 7. The van der Waals surface area contributed by atoms with E-state index in [1.807, 2.05) is 0 Å². The number of carbonyl (C=O) groups is 3. The SMILES string of the molecule is CC/C=C\C/C=C\C/C=C\C/C=C\CCCCCCCCCCC(=O)OC(COCCC(C(=O)[O-])[N+](C)(C)C)COC(=O)CCCCCCCCCCC. The van der Waals surface area contributed by atoms with Crippen molar-refractivity contribution >= 4 is 17.9 Å². The van der Waals surface area contributed by atoms with Crippen LogP contribution in [-0.2, 0) is 28.6 Å². The van der Waals surface area contributed by atoms with E-state index in [1.165, 1.54) is 70.6 Å². The second-order valence-electron chi connectivity index (χ2n) is 15.6. The quantitative estimate of drug-likeness (QED) is 0.0267. The number of quaternary nitrogens is 1. The van der Waals surface area contributed by atoms with Gasteiger partial charge in [-0.3, -0.25) is 9.59 Å². The first-order chi connectivity index (χ1) is 26.1. The molecule has 0 aliphatic carbocycles. The highest BCUT2D eigenvalue weighted by Gasteiger charge is 2.25. The zero-order valence-electron chi connectivity index (χ0n) is 35.4. The van der Waals surface area contributed by atoms with E-state index in [-0.39, 0.29) is 42.7 Å². The van der Waals surface area contributed by atoms with Gasteiger partial charge in [-0.25, -0.2) is 0 Å². The molecule has 0 fully saturated rings. The van der Waals surface area contributed by atoms with Crippen molar-refractivity contribution in [3.8, 4) is 0 Å². The number of hydrogen-bond donors (Lipinski definition) is 0. The van der Waals surface area contributed by atoms with Gasteiger partial charge in [0.1, 0.15) is 12.6 Å². The van der Waals surface area contributed by atoms with Gasteiger partial charge in [-0.1, -0.05) is 152 Å². The van der Waals surface area contributed by atoms with Crippen molar-refractivity contribution in [2.45, 2.75) is 187 Å². The van der Waals surface area contributed by atoms with Crippen LogP contribution in [-0.4, -0.2) is 75.5 Å². The van der Waals surface area contributed by atoms with Gasteiger partial charge < -0.3 is 28.6 Å². The van der Waals surface area contributed by atoms with E-state index in [9.17, 15) is 19.5 Å². The number of carboxylic acid groups (broad SMARTS) is 1. The Hall–Kier alpha value is -2.71. The van der Waals surface area contributed by atoms with E-state index >= 15 is 0 Å². The summed E-state index contributed by atoms with van der Waals surface area (Å²) in [6.45, 7) is 4.51. The molecule has 312 valence electrons. The molecular weight excluding hydrogens is 679 g/mol. The summed E-state index contributed by atoms with van der Waals surface area (Å²) in [6.07, 6.45) is 42.8. The van der Waals surface area contributed by atoms with Crippen molar-refractivity contribution < 1.29 is 38.2 Å². The van der Waals surface area contributed by atoms with Crippen LogP contribution in [0.4, 0.5) is 0 Å².